The number of carbonyl (C=O) groups is 1. The van der Waals surface area contributed by atoms with Crippen LogP contribution in [-0.2, 0) is 16.0 Å². The lowest BCUT2D eigenvalue weighted by molar-refractivity contribution is -0.143. The van der Waals surface area contributed by atoms with E-state index in [2.05, 4.69) is 17.4 Å². The van der Waals surface area contributed by atoms with Gasteiger partial charge >= 0.3 is 5.97 Å². The molecule has 2 aromatic rings. The van der Waals surface area contributed by atoms with Crippen LogP contribution in [0.1, 0.15) is 23.6 Å². The van der Waals surface area contributed by atoms with Crippen molar-refractivity contribution in [3.05, 3.63) is 65.7 Å². The Bertz CT molecular complexity index is 639. The van der Waals surface area contributed by atoms with Crippen molar-refractivity contribution in [1.82, 2.24) is 5.32 Å². The Kier molecular flexibility index (Phi) is 4.93. The molecule has 1 aliphatic heterocycles. The topological polar surface area (TPSA) is 47.6 Å². The Morgan fingerprint density at radius 3 is 2.57 bits per heavy atom. The van der Waals surface area contributed by atoms with Crippen LogP contribution in [0.4, 0.5) is 0 Å². The third kappa shape index (κ3) is 4.11. The number of carbonyl (C=O) groups excluding carboxylic acids is 1. The van der Waals surface area contributed by atoms with Gasteiger partial charge in [0.25, 0.3) is 0 Å². The van der Waals surface area contributed by atoms with Gasteiger partial charge in [0, 0.05) is 6.04 Å². The lowest BCUT2D eigenvalue weighted by Crippen LogP contribution is -2.34. The molecule has 0 amide bonds. The molecule has 4 nitrogen and oxygen atoms in total. The summed E-state index contributed by atoms with van der Waals surface area (Å²) in [5.41, 5.74) is 2.31. The van der Waals surface area contributed by atoms with Crippen LogP contribution in [-0.4, -0.2) is 25.7 Å². The van der Waals surface area contributed by atoms with Crippen molar-refractivity contribution < 1.29 is 14.3 Å². The summed E-state index contributed by atoms with van der Waals surface area (Å²) >= 11 is 0. The Hall–Kier alpha value is -2.33. The summed E-state index contributed by atoms with van der Waals surface area (Å²) < 4.78 is 10.5. The summed E-state index contributed by atoms with van der Waals surface area (Å²) in [6.07, 6.45) is 1.16. The molecule has 4 heteroatoms. The average molecular weight is 311 g/mol. The Balaban J connectivity index is 1.72. The van der Waals surface area contributed by atoms with Gasteiger partial charge in [0.2, 0.25) is 0 Å². The minimum atomic E-state index is -0.144. The van der Waals surface area contributed by atoms with Crippen molar-refractivity contribution in [3.63, 3.8) is 0 Å². The Labute approximate surface area is 136 Å². The van der Waals surface area contributed by atoms with Crippen molar-refractivity contribution in [2.45, 2.75) is 24.9 Å². The first kappa shape index (κ1) is 15.6. The predicted molar refractivity (Wildman–Crippen MR) is 88.4 cm³/mol. The van der Waals surface area contributed by atoms with Gasteiger partial charge in [-0.25, -0.2) is 0 Å². The first-order valence-electron chi connectivity index (χ1n) is 7.84. The zero-order valence-electron chi connectivity index (χ0n) is 13.2. The SMILES string of the molecule is COc1ccc(CC2CC(=O)OCC(c3ccccc3)N2)cc1. The monoisotopic (exact) mass is 311 g/mol. The standard InChI is InChI=1S/C19H21NO3/c1-22-17-9-7-14(8-10-17)11-16-12-19(21)23-13-18(20-16)15-5-3-2-4-6-15/h2-10,16,18,20H,11-13H2,1H3. The van der Waals surface area contributed by atoms with Gasteiger partial charge in [-0.15, -0.1) is 0 Å². The minimum Gasteiger partial charge on any atom is -0.497 e. The van der Waals surface area contributed by atoms with Crippen LogP contribution in [0.5, 0.6) is 5.75 Å². The van der Waals surface area contributed by atoms with E-state index < -0.39 is 0 Å². The number of hydrogen-bond donors (Lipinski definition) is 1. The fourth-order valence-corrected chi connectivity index (χ4v) is 2.88. The molecule has 23 heavy (non-hydrogen) atoms. The van der Waals surface area contributed by atoms with Gasteiger partial charge in [-0.05, 0) is 29.7 Å². The zero-order chi connectivity index (χ0) is 16.1. The summed E-state index contributed by atoms with van der Waals surface area (Å²) in [4.78, 5) is 11.9. The number of ether oxygens (including phenoxy) is 2. The maximum atomic E-state index is 11.9. The lowest BCUT2D eigenvalue weighted by Gasteiger charge is -2.21. The highest BCUT2D eigenvalue weighted by Gasteiger charge is 2.25. The molecule has 1 saturated heterocycles. The quantitative estimate of drug-likeness (QED) is 0.882. The number of methoxy groups -OCH3 is 1. The number of cyclic esters (lactones) is 1. The molecule has 0 spiro atoms. The lowest BCUT2D eigenvalue weighted by atomic mass is 10.0. The number of nitrogens with one attached hydrogen (secondary N) is 1. The second kappa shape index (κ2) is 7.29. The Morgan fingerprint density at radius 2 is 1.87 bits per heavy atom. The van der Waals surface area contributed by atoms with Crippen molar-refractivity contribution in [3.8, 4) is 5.75 Å². The second-order valence-corrected chi connectivity index (χ2v) is 5.77. The van der Waals surface area contributed by atoms with E-state index in [0.29, 0.717) is 13.0 Å². The average Bonchev–Trinajstić information content (AvgIpc) is 2.78. The molecule has 0 saturated carbocycles. The third-order valence-electron chi connectivity index (χ3n) is 4.10. The van der Waals surface area contributed by atoms with E-state index in [4.69, 9.17) is 9.47 Å². The summed E-state index contributed by atoms with van der Waals surface area (Å²) in [5.74, 6) is 0.693. The van der Waals surface area contributed by atoms with Crippen molar-refractivity contribution in [2.24, 2.45) is 0 Å². The maximum absolute atomic E-state index is 11.9. The van der Waals surface area contributed by atoms with Crippen LogP contribution in [0.15, 0.2) is 54.6 Å². The first-order valence-corrected chi connectivity index (χ1v) is 7.84. The van der Waals surface area contributed by atoms with E-state index in [0.717, 1.165) is 17.7 Å². The Morgan fingerprint density at radius 1 is 1.13 bits per heavy atom. The first-order chi connectivity index (χ1) is 11.2. The molecule has 120 valence electrons. The molecule has 1 heterocycles. The molecule has 0 aromatic heterocycles. The molecule has 2 atom stereocenters. The molecule has 0 aliphatic carbocycles. The van der Waals surface area contributed by atoms with E-state index in [1.807, 2.05) is 42.5 Å². The molecule has 3 rings (SSSR count). The highest BCUT2D eigenvalue weighted by Crippen LogP contribution is 2.20. The molecule has 0 bridgehead atoms. The van der Waals surface area contributed by atoms with E-state index in [1.165, 1.54) is 5.56 Å². The van der Waals surface area contributed by atoms with Gasteiger partial charge in [-0.1, -0.05) is 42.5 Å². The van der Waals surface area contributed by atoms with Crippen LogP contribution in [0.3, 0.4) is 0 Å². The molecular weight excluding hydrogens is 290 g/mol. The van der Waals surface area contributed by atoms with Crippen LogP contribution in [0, 0.1) is 0 Å². The van der Waals surface area contributed by atoms with Gasteiger partial charge in [-0.3, -0.25) is 4.79 Å². The molecule has 2 unspecified atom stereocenters. The molecule has 0 radical (unpaired) electrons. The summed E-state index contributed by atoms with van der Waals surface area (Å²) in [6.45, 7) is 0.377. The van der Waals surface area contributed by atoms with E-state index >= 15 is 0 Å². The van der Waals surface area contributed by atoms with Crippen molar-refractivity contribution >= 4 is 5.97 Å². The smallest absolute Gasteiger partial charge is 0.307 e. The van der Waals surface area contributed by atoms with Gasteiger partial charge < -0.3 is 14.8 Å². The maximum Gasteiger partial charge on any atom is 0.307 e. The fourth-order valence-electron chi connectivity index (χ4n) is 2.88. The second-order valence-electron chi connectivity index (χ2n) is 5.77. The van der Waals surface area contributed by atoms with Gasteiger partial charge in [0.1, 0.15) is 12.4 Å². The molecular formula is C19H21NO3. The van der Waals surface area contributed by atoms with Gasteiger partial charge in [0.05, 0.1) is 19.6 Å². The molecule has 2 aromatic carbocycles. The normalized spacial score (nSPS) is 21.3. The minimum absolute atomic E-state index is 0.0332. The van der Waals surface area contributed by atoms with Crippen LogP contribution in [0.25, 0.3) is 0 Å². The largest absolute Gasteiger partial charge is 0.497 e. The van der Waals surface area contributed by atoms with Gasteiger partial charge in [-0.2, -0.15) is 0 Å². The number of esters is 1. The number of hydrogen-bond acceptors (Lipinski definition) is 4. The molecule has 1 aliphatic rings. The van der Waals surface area contributed by atoms with E-state index in [-0.39, 0.29) is 18.1 Å². The zero-order valence-corrected chi connectivity index (χ0v) is 13.2. The molecule has 1 N–H and O–H groups in total. The summed E-state index contributed by atoms with van der Waals surface area (Å²) in [5, 5.41) is 3.56. The summed E-state index contributed by atoms with van der Waals surface area (Å²) in [7, 11) is 1.66. The highest BCUT2D eigenvalue weighted by molar-refractivity contribution is 5.70. The van der Waals surface area contributed by atoms with Crippen LogP contribution < -0.4 is 10.1 Å². The van der Waals surface area contributed by atoms with Crippen LogP contribution >= 0.6 is 0 Å². The number of rotatable bonds is 4. The van der Waals surface area contributed by atoms with Gasteiger partial charge in [0.15, 0.2) is 0 Å². The summed E-state index contributed by atoms with van der Waals surface area (Å²) in [6, 6.07) is 18.2. The van der Waals surface area contributed by atoms with Crippen LogP contribution in [0.2, 0.25) is 0 Å². The molecule has 1 fully saturated rings. The van der Waals surface area contributed by atoms with E-state index in [1.54, 1.807) is 7.11 Å². The third-order valence-corrected chi connectivity index (χ3v) is 4.10. The van der Waals surface area contributed by atoms with E-state index in [9.17, 15) is 4.79 Å². The predicted octanol–water partition coefficient (Wildman–Crippen LogP) is 2.88. The van der Waals surface area contributed by atoms with Crippen molar-refractivity contribution in [1.29, 1.82) is 0 Å². The van der Waals surface area contributed by atoms with Crippen molar-refractivity contribution in [2.75, 3.05) is 13.7 Å². The fraction of sp³-hybridized carbons (Fsp3) is 0.316. The highest BCUT2D eigenvalue weighted by atomic mass is 16.5. The number of benzene rings is 2.